The number of benzene rings is 1. The molecule has 1 saturated heterocycles. The molecule has 11 heteroatoms. The topological polar surface area (TPSA) is 151 Å². The van der Waals surface area contributed by atoms with Crippen molar-refractivity contribution in [2.75, 3.05) is 18.4 Å². The largest absolute Gasteiger partial charge is 0.461 e. The number of ether oxygens (including phenoxy) is 1. The van der Waals surface area contributed by atoms with E-state index in [0.717, 1.165) is 10.5 Å². The van der Waals surface area contributed by atoms with Crippen LogP contribution in [-0.4, -0.2) is 59.5 Å². The molecule has 5 amide bonds. The average molecular weight is 531 g/mol. The molecule has 0 aliphatic carbocycles. The Balaban J connectivity index is 1.83. The minimum atomic E-state index is -0.960. The van der Waals surface area contributed by atoms with Gasteiger partial charge < -0.3 is 20.7 Å². The number of nitrogens with zero attached hydrogens (tertiary/aromatic N) is 1. The van der Waals surface area contributed by atoms with Crippen molar-refractivity contribution >= 4 is 41.2 Å². The van der Waals surface area contributed by atoms with Crippen LogP contribution in [0.2, 0.25) is 0 Å². The fourth-order valence-corrected chi connectivity index (χ4v) is 3.90. The van der Waals surface area contributed by atoms with Crippen molar-refractivity contribution < 1.29 is 33.5 Å². The van der Waals surface area contributed by atoms with Gasteiger partial charge in [0.15, 0.2) is 0 Å². The molecule has 1 fully saturated rings. The summed E-state index contributed by atoms with van der Waals surface area (Å²) in [5.41, 5.74) is 1.27. The van der Waals surface area contributed by atoms with E-state index >= 15 is 0 Å². The van der Waals surface area contributed by atoms with Crippen LogP contribution in [0.4, 0.5) is 5.69 Å². The van der Waals surface area contributed by atoms with Crippen LogP contribution in [0.1, 0.15) is 59.4 Å². The second-order valence-corrected chi connectivity index (χ2v) is 10.0. The lowest BCUT2D eigenvalue weighted by atomic mass is 9.94. The van der Waals surface area contributed by atoms with Crippen LogP contribution < -0.4 is 16.0 Å². The zero-order valence-electron chi connectivity index (χ0n) is 22.7. The molecular weight excluding hydrogens is 492 g/mol. The Morgan fingerprint density at radius 1 is 1.03 bits per heavy atom. The van der Waals surface area contributed by atoms with E-state index in [4.69, 9.17) is 4.74 Å². The highest BCUT2D eigenvalue weighted by atomic mass is 16.5. The first-order valence-corrected chi connectivity index (χ1v) is 12.9. The first-order valence-electron chi connectivity index (χ1n) is 12.9. The van der Waals surface area contributed by atoms with Crippen LogP contribution in [0.5, 0.6) is 0 Å². The summed E-state index contributed by atoms with van der Waals surface area (Å²) in [7, 11) is 0. The van der Waals surface area contributed by atoms with Crippen molar-refractivity contribution in [2.24, 2.45) is 17.8 Å². The Morgan fingerprint density at radius 3 is 2.24 bits per heavy atom. The summed E-state index contributed by atoms with van der Waals surface area (Å²) < 4.78 is 5.15. The van der Waals surface area contributed by atoms with Gasteiger partial charge >= 0.3 is 5.97 Å². The van der Waals surface area contributed by atoms with Gasteiger partial charge in [-0.1, -0.05) is 46.8 Å². The van der Waals surface area contributed by atoms with Crippen molar-refractivity contribution in [2.45, 2.75) is 66.5 Å². The van der Waals surface area contributed by atoms with Gasteiger partial charge in [0, 0.05) is 24.4 Å². The van der Waals surface area contributed by atoms with Gasteiger partial charge in [-0.05, 0) is 36.0 Å². The second-order valence-electron chi connectivity index (χ2n) is 10.0. The number of hydrogen-bond acceptors (Lipinski definition) is 7. The number of rotatable bonds is 13. The maximum Gasteiger partial charge on any atom is 0.306 e. The quantitative estimate of drug-likeness (QED) is 0.260. The van der Waals surface area contributed by atoms with E-state index in [1.54, 1.807) is 38.1 Å². The fourth-order valence-electron chi connectivity index (χ4n) is 3.90. The van der Waals surface area contributed by atoms with Crippen LogP contribution in [0.25, 0.3) is 0 Å². The number of esters is 1. The fraction of sp³-hybridized carbons (Fsp3) is 0.556. The van der Waals surface area contributed by atoms with Gasteiger partial charge in [-0.25, -0.2) is 0 Å². The summed E-state index contributed by atoms with van der Waals surface area (Å²) in [6.07, 6.45) is 1.14. The summed E-state index contributed by atoms with van der Waals surface area (Å²) in [5, 5.41) is 7.74. The van der Waals surface area contributed by atoms with Crippen molar-refractivity contribution in [1.29, 1.82) is 0 Å². The van der Waals surface area contributed by atoms with Crippen LogP contribution in [0, 0.1) is 17.8 Å². The van der Waals surface area contributed by atoms with E-state index in [2.05, 4.69) is 16.0 Å². The Hall–Kier alpha value is -3.76. The van der Waals surface area contributed by atoms with Crippen LogP contribution in [0.15, 0.2) is 24.3 Å². The minimum Gasteiger partial charge on any atom is -0.461 e. The Morgan fingerprint density at radius 2 is 1.68 bits per heavy atom. The highest BCUT2D eigenvalue weighted by molar-refractivity contribution is 6.06. The molecule has 2 unspecified atom stereocenters. The Bertz CT molecular complexity index is 1040. The molecule has 1 aromatic carbocycles. The zero-order valence-corrected chi connectivity index (χ0v) is 22.7. The molecule has 0 radical (unpaired) electrons. The monoisotopic (exact) mass is 530 g/mol. The average Bonchev–Trinajstić information content (AvgIpc) is 3.14. The number of anilines is 1. The molecule has 0 spiro atoms. The van der Waals surface area contributed by atoms with E-state index < -0.39 is 42.1 Å². The lowest BCUT2D eigenvalue weighted by molar-refractivity contribution is -0.145. The summed E-state index contributed by atoms with van der Waals surface area (Å²) in [6, 6.07) is 5.79. The van der Waals surface area contributed by atoms with Gasteiger partial charge in [-0.2, -0.15) is 0 Å². The summed E-state index contributed by atoms with van der Waals surface area (Å²) in [5.74, 6) is -3.50. The van der Waals surface area contributed by atoms with Gasteiger partial charge in [0.2, 0.25) is 29.5 Å². The summed E-state index contributed by atoms with van der Waals surface area (Å²) in [4.78, 5) is 74.7. The molecule has 2 rings (SSSR count). The van der Waals surface area contributed by atoms with Crippen molar-refractivity contribution in [1.82, 2.24) is 15.5 Å². The molecule has 3 N–H and O–H groups in total. The van der Waals surface area contributed by atoms with Gasteiger partial charge in [-0.3, -0.25) is 33.7 Å². The first-order chi connectivity index (χ1) is 17.9. The Kier molecular flexibility index (Phi) is 11.4. The van der Waals surface area contributed by atoms with E-state index in [9.17, 15) is 28.8 Å². The molecule has 1 aromatic rings. The van der Waals surface area contributed by atoms with Crippen LogP contribution in [0.3, 0.4) is 0 Å². The predicted octanol–water partition coefficient (Wildman–Crippen LogP) is 1.76. The number of carbonyl (C=O) groups excluding carboxylic acids is 6. The molecule has 2 atom stereocenters. The minimum absolute atomic E-state index is 0.0203. The smallest absolute Gasteiger partial charge is 0.306 e. The third-order valence-electron chi connectivity index (χ3n) is 6.17. The maximum absolute atomic E-state index is 12.7. The third kappa shape index (κ3) is 8.97. The molecule has 38 heavy (non-hydrogen) atoms. The van der Waals surface area contributed by atoms with Crippen molar-refractivity contribution in [3.63, 3.8) is 0 Å². The SMILES string of the molecule is CCCC(=O)OCc1ccc(NC(=O)CNC(=O)C(NC(=O)CN2C(=O)CC(C(C)C)C2=O)C(C)C)cc1. The first kappa shape index (κ1) is 30.5. The lowest BCUT2D eigenvalue weighted by Gasteiger charge is -2.23. The number of amides is 5. The molecule has 1 aliphatic heterocycles. The van der Waals surface area contributed by atoms with Gasteiger partial charge in [0.1, 0.15) is 19.2 Å². The second kappa shape index (κ2) is 14.3. The number of nitrogens with one attached hydrogen (secondary N) is 3. The molecular formula is C27H38N4O7. The highest BCUT2D eigenvalue weighted by Gasteiger charge is 2.41. The van der Waals surface area contributed by atoms with E-state index in [-0.39, 0.29) is 43.3 Å². The zero-order chi connectivity index (χ0) is 28.4. The van der Waals surface area contributed by atoms with Gasteiger partial charge in [-0.15, -0.1) is 0 Å². The molecule has 208 valence electrons. The normalized spacial score (nSPS) is 16.0. The summed E-state index contributed by atoms with van der Waals surface area (Å²) >= 11 is 0. The third-order valence-corrected chi connectivity index (χ3v) is 6.17. The lowest BCUT2D eigenvalue weighted by Crippen LogP contribution is -2.53. The van der Waals surface area contributed by atoms with Gasteiger partial charge in [0.25, 0.3) is 0 Å². The van der Waals surface area contributed by atoms with Crippen molar-refractivity contribution in [3.05, 3.63) is 29.8 Å². The van der Waals surface area contributed by atoms with E-state index in [0.29, 0.717) is 18.5 Å². The molecule has 0 bridgehead atoms. The number of carbonyl (C=O) groups is 6. The van der Waals surface area contributed by atoms with Crippen LogP contribution >= 0.6 is 0 Å². The molecule has 1 heterocycles. The number of hydrogen-bond donors (Lipinski definition) is 3. The molecule has 1 aliphatic rings. The molecule has 0 aromatic heterocycles. The van der Waals surface area contributed by atoms with Crippen LogP contribution in [-0.2, 0) is 40.1 Å². The predicted molar refractivity (Wildman–Crippen MR) is 139 cm³/mol. The number of likely N-dealkylation sites (tertiary alicyclic amines) is 1. The molecule has 11 nitrogen and oxygen atoms in total. The standard InChI is InChI=1S/C27H38N4O7/c1-6-7-24(35)38-15-18-8-10-19(11-9-18)29-21(32)13-28-26(36)25(17(4)5)30-22(33)14-31-23(34)12-20(16(2)3)27(31)37/h8-11,16-17,20,25H,6-7,12-15H2,1-5H3,(H,28,36)(H,29,32)(H,30,33). The molecule has 0 saturated carbocycles. The highest BCUT2D eigenvalue weighted by Crippen LogP contribution is 2.26. The summed E-state index contributed by atoms with van der Waals surface area (Å²) in [6.45, 7) is 8.40. The van der Waals surface area contributed by atoms with Gasteiger partial charge in [0.05, 0.1) is 6.54 Å². The maximum atomic E-state index is 12.7. The Labute approximate surface area is 223 Å². The van der Waals surface area contributed by atoms with Crippen molar-refractivity contribution in [3.8, 4) is 0 Å². The number of imide groups is 1. The van der Waals surface area contributed by atoms with E-state index in [1.807, 2.05) is 20.8 Å². The van der Waals surface area contributed by atoms with E-state index in [1.165, 1.54) is 0 Å².